The third kappa shape index (κ3) is 3.31. The second-order valence-corrected chi connectivity index (χ2v) is 5.08. The van der Waals surface area contributed by atoms with Gasteiger partial charge in [-0.3, -0.25) is 4.79 Å². The quantitative estimate of drug-likeness (QED) is 0.677. The minimum Gasteiger partial charge on any atom is -0.399 e. The van der Waals surface area contributed by atoms with Crippen LogP contribution in [0.2, 0.25) is 0 Å². The van der Waals surface area contributed by atoms with Gasteiger partial charge in [0, 0.05) is 24.5 Å². The number of carbonyl (C=O) groups excluding carboxylic acids is 1. The van der Waals surface area contributed by atoms with E-state index in [-0.39, 0.29) is 11.9 Å². The van der Waals surface area contributed by atoms with Crippen LogP contribution in [-0.2, 0) is 0 Å². The van der Waals surface area contributed by atoms with Crippen LogP contribution in [0, 0.1) is 0 Å². The molecule has 5 heteroatoms. The normalized spacial score (nSPS) is 10.6. The third-order valence-corrected chi connectivity index (χ3v) is 3.18. The molecule has 0 unspecified atom stereocenters. The number of carbonyl (C=O) groups is 1. The van der Waals surface area contributed by atoms with Gasteiger partial charge in [0.25, 0.3) is 5.91 Å². The number of hydrogen-bond donors (Lipinski definition) is 1. The number of amides is 1. The Labute approximate surface area is 124 Å². The Morgan fingerprint density at radius 2 is 2.05 bits per heavy atom. The van der Waals surface area contributed by atoms with E-state index in [9.17, 15) is 4.79 Å². The molecule has 1 aromatic carbocycles. The summed E-state index contributed by atoms with van der Waals surface area (Å²) in [5.74, 6) is -0.0981. The fraction of sp³-hybridized carbons (Fsp3) is 0.250. The molecule has 0 fully saturated rings. The number of anilines is 1. The summed E-state index contributed by atoms with van der Waals surface area (Å²) in [4.78, 5) is 14.2. The Kier molecular flexibility index (Phi) is 4.42. The zero-order chi connectivity index (χ0) is 15.4. The second kappa shape index (κ2) is 6.26. The van der Waals surface area contributed by atoms with Crippen LogP contribution in [0.25, 0.3) is 5.69 Å². The Balaban J connectivity index is 2.24. The summed E-state index contributed by atoms with van der Waals surface area (Å²) in [5, 5.41) is 4.35. The lowest BCUT2D eigenvalue weighted by molar-refractivity contribution is 0.0722. The number of aromatic nitrogens is 2. The Morgan fingerprint density at radius 3 is 2.62 bits per heavy atom. The van der Waals surface area contributed by atoms with Gasteiger partial charge < -0.3 is 10.6 Å². The Hall–Kier alpha value is -2.56. The van der Waals surface area contributed by atoms with Crippen molar-refractivity contribution in [2.75, 3.05) is 12.3 Å². The molecular weight excluding hydrogens is 264 g/mol. The molecule has 0 bridgehead atoms. The van der Waals surface area contributed by atoms with Gasteiger partial charge in [0.1, 0.15) is 0 Å². The molecule has 1 amide bonds. The summed E-state index contributed by atoms with van der Waals surface area (Å²) >= 11 is 0. The van der Waals surface area contributed by atoms with Gasteiger partial charge in [0.15, 0.2) is 5.69 Å². The first kappa shape index (κ1) is 14.8. The molecule has 0 aliphatic carbocycles. The van der Waals surface area contributed by atoms with E-state index in [1.807, 2.05) is 26.0 Å². The molecule has 2 rings (SSSR count). The lowest BCUT2D eigenvalue weighted by atomic mass is 10.2. The highest BCUT2D eigenvalue weighted by atomic mass is 16.2. The average Bonchev–Trinajstić information content (AvgIpc) is 2.94. The van der Waals surface area contributed by atoms with E-state index < -0.39 is 0 Å². The van der Waals surface area contributed by atoms with E-state index in [0.717, 1.165) is 5.69 Å². The van der Waals surface area contributed by atoms with Crippen molar-refractivity contribution in [3.8, 4) is 5.69 Å². The van der Waals surface area contributed by atoms with Crippen LogP contribution in [0.5, 0.6) is 0 Å². The molecule has 0 spiro atoms. The Bertz CT molecular complexity index is 628. The van der Waals surface area contributed by atoms with Crippen molar-refractivity contribution >= 4 is 11.6 Å². The maximum atomic E-state index is 12.5. The van der Waals surface area contributed by atoms with Crippen molar-refractivity contribution in [1.82, 2.24) is 14.7 Å². The van der Waals surface area contributed by atoms with Crippen LogP contribution in [0.15, 0.2) is 49.2 Å². The predicted molar refractivity (Wildman–Crippen MR) is 84.3 cm³/mol. The van der Waals surface area contributed by atoms with Crippen LogP contribution < -0.4 is 5.73 Å². The summed E-state index contributed by atoms with van der Waals surface area (Å²) in [6.07, 6.45) is 3.49. The predicted octanol–water partition coefficient (Wildman–Crippen LogP) is 2.49. The number of nitrogens with two attached hydrogens (primary N) is 1. The molecule has 0 saturated heterocycles. The maximum absolute atomic E-state index is 12.5. The standard InChI is InChI=1S/C16H20N4O/c1-4-10-19(12(2)3)16(21)15-9-11-20(18-15)14-7-5-13(17)6-8-14/h4-9,11-12H,1,10,17H2,2-3H3. The summed E-state index contributed by atoms with van der Waals surface area (Å²) in [7, 11) is 0. The smallest absolute Gasteiger partial charge is 0.274 e. The molecule has 0 aliphatic rings. The van der Waals surface area contributed by atoms with Crippen LogP contribution >= 0.6 is 0 Å². The van der Waals surface area contributed by atoms with Crippen molar-refractivity contribution in [1.29, 1.82) is 0 Å². The first-order valence-corrected chi connectivity index (χ1v) is 6.86. The van der Waals surface area contributed by atoms with Crippen LogP contribution in [0.3, 0.4) is 0 Å². The highest BCUT2D eigenvalue weighted by molar-refractivity contribution is 5.92. The maximum Gasteiger partial charge on any atom is 0.274 e. The summed E-state index contributed by atoms with van der Waals surface area (Å²) in [6, 6.07) is 9.14. The van der Waals surface area contributed by atoms with E-state index >= 15 is 0 Å². The molecule has 1 aromatic heterocycles. The molecule has 2 N–H and O–H groups in total. The van der Waals surface area contributed by atoms with Gasteiger partial charge in [0.05, 0.1) is 5.69 Å². The molecule has 5 nitrogen and oxygen atoms in total. The van der Waals surface area contributed by atoms with Gasteiger partial charge in [-0.25, -0.2) is 4.68 Å². The van der Waals surface area contributed by atoms with Gasteiger partial charge in [0.2, 0.25) is 0 Å². The molecule has 0 radical (unpaired) electrons. The molecule has 2 aromatic rings. The first-order valence-electron chi connectivity index (χ1n) is 6.86. The molecule has 0 atom stereocenters. The SMILES string of the molecule is C=CCN(C(=O)c1ccn(-c2ccc(N)cc2)n1)C(C)C. The Morgan fingerprint density at radius 1 is 1.38 bits per heavy atom. The third-order valence-electron chi connectivity index (χ3n) is 3.18. The monoisotopic (exact) mass is 284 g/mol. The molecular formula is C16H20N4O. The van der Waals surface area contributed by atoms with Gasteiger partial charge in [-0.05, 0) is 44.2 Å². The molecule has 110 valence electrons. The number of hydrogen-bond acceptors (Lipinski definition) is 3. The summed E-state index contributed by atoms with van der Waals surface area (Å²) < 4.78 is 1.67. The van der Waals surface area contributed by atoms with Crippen LogP contribution in [0.4, 0.5) is 5.69 Å². The minimum atomic E-state index is -0.0981. The number of benzene rings is 1. The lowest BCUT2D eigenvalue weighted by Gasteiger charge is -2.24. The zero-order valence-corrected chi connectivity index (χ0v) is 12.4. The number of nitrogens with zero attached hydrogens (tertiary/aromatic N) is 3. The van der Waals surface area contributed by atoms with Gasteiger partial charge in [-0.1, -0.05) is 6.08 Å². The molecule has 0 saturated carbocycles. The number of nitrogen functional groups attached to an aromatic ring is 1. The summed E-state index contributed by atoms with van der Waals surface area (Å²) in [5.41, 5.74) is 7.64. The first-order chi connectivity index (χ1) is 10.0. The lowest BCUT2D eigenvalue weighted by Crippen LogP contribution is -2.37. The van der Waals surface area contributed by atoms with E-state index in [1.54, 1.807) is 40.1 Å². The van der Waals surface area contributed by atoms with Crippen LogP contribution in [-0.4, -0.2) is 33.2 Å². The second-order valence-electron chi connectivity index (χ2n) is 5.08. The number of rotatable bonds is 5. The highest BCUT2D eigenvalue weighted by Gasteiger charge is 2.19. The molecule has 21 heavy (non-hydrogen) atoms. The zero-order valence-electron chi connectivity index (χ0n) is 12.4. The molecule has 1 heterocycles. The largest absolute Gasteiger partial charge is 0.399 e. The van der Waals surface area contributed by atoms with Crippen molar-refractivity contribution in [3.05, 3.63) is 54.9 Å². The van der Waals surface area contributed by atoms with Gasteiger partial charge >= 0.3 is 0 Å². The highest BCUT2D eigenvalue weighted by Crippen LogP contribution is 2.12. The van der Waals surface area contributed by atoms with Gasteiger partial charge in [-0.2, -0.15) is 5.10 Å². The minimum absolute atomic E-state index is 0.0946. The van der Waals surface area contributed by atoms with E-state index in [4.69, 9.17) is 5.73 Å². The van der Waals surface area contributed by atoms with E-state index in [1.165, 1.54) is 0 Å². The fourth-order valence-corrected chi connectivity index (χ4v) is 2.02. The van der Waals surface area contributed by atoms with E-state index in [2.05, 4.69) is 11.7 Å². The van der Waals surface area contributed by atoms with E-state index in [0.29, 0.717) is 17.9 Å². The van der Waals surface area contributed by atoms with Crippen molar-refractivity contribution in [2.24, 2.45) is 0 Å². The van der Waals surface area contributed by atoms with Crippen LogP contribution in [0.1, 0.15) is 24.3 Å². The van der Waals surface area contributed by atoms with Crippen molar-refractivity contribution in [2.45, 2.75) is 19.9 Å². The molecule has 0 aliphatic heterocycles. The summed E-state index contributed by atoms with van der Waals surface area (Å²) in [6.45, 7) is 8.14. The topological polar surface area (TPSA) is 64.2 Å². The fourth-order valence-electron chi connectivity index (χ4n) is 2.02. The van der Waals surface area contributed by atoms with Crippen molar-refractivity contribution in [3.63, 3.8) is 0 Å². The van der Waals surface area contributed by atoms with Gasteiger partial charge in [-0.15, -0.1) is 6.58 Å². The van der Waals surface area contributed by atoms with Crippen molar-refractivity contribution < 1.29 is 4.79 Å². The average molecular weight is 284 g/mol.